The summed E-state index contributed by atoms with van der Waals surface area (Å²) >= 11 is 0. The van der Waals surface area contributed by atoms with E-state index < -0.39 is 0 Å². The normalized spacial score (nSPS) is 12.4. The summed E-state index contributed by atoms with van der Waals surface area (Å²) in [5.41, 5.74) is 1.19. The topological polar surface area (TPSA) is 17.1 Å². The van der Waals surface area contributed by atoms with Crippen LogP contribution in [0.25, 0.3) is 0 Å². The molecule has 0 fully saturated rings. The highest BCUT2D eigenvalue weighted by Crippen LogP contribution is 2.03. The van der Waals surface area contributed by atoms with Gasteiger partial charge in [-0.1, -0.05) is 30.7 Å². The molecule has 0 N–H and O–H groups in total. The van der Waals surface area contributed by atoms with Crippen LogP contribution in [0.3, 0.4) is 0 Å². The van der Waals surface area contributed by atoms with E-state index in [-0.39, 0.29) is 0 Å². The van der Waals surface area contributed by atoms with Gasteiger partial charge in [0.25, 0.3) is 0 Å². The summed E-state index contributed by atoms with van der Waals surface area (Å²) in [5.74, 6) is 0. The standard InChI is InChI=1S/C9H14O/c1-3-5-6-9(4-2)7-8-10/h3,5-6,8H,4,7H2,1-2H3/b5-3-,9-6+. The molecule has 1 heteroatoms. The highest BCUT2D eigenvalue weighted by Gasteiger charge is 1.88. The number of carbonyl (C=O) groups is 1. The van der Waals surface area contributed by atoms with Crippen LogP contribution >= 0.6 is 0 Å². The van der Waals surface area contributed by atoms with Gasteiger partial charge < -0.3 is 4.79 Å². The molecule has 10 heavy (non-hydrogen) atoms. The average Bonchev–Trinajstić information content (AvgIpc) is 1.98. The van der Waals surface area contributed by atoms with E-state index in [9.17, 15) is 4.79 Å². The fraction of sp³-hybridized carbons (Fsp3) is 0.444. The van der Waals surface area contributed by atoms with E-state index >= 15 is 0 Å². The summed E-state index contributed by atoms with van der Waals surface area (Å²) in [6, 6.07) is 0. The van der Waals surface area contributed by atoms with Crippen LogP contribution in [-0.4, -0.2) is 6.29 Å². The monoisotopic (exact) mass is 138 g/mol. The van der Waals surface area contributed by atoms with Crippen LogP contribution in [0.2, 0.25) is 0 Å². The van der Waals surface area contributed by atoms with Gasteiger partial charge in [0.1, 0.15) is 6.29 Å². The van der Waals surface area contributed by atoms with E-state index in [4.69, 9.17) is 0 Å². The van der Waals surface area contributed by atoms with Crippen molar-refractivity contribution < 1.29 is 4.79 Å². The largest absolute Gasteiger partial charge is 0.303 e. The number of carbonyl (C=O) groups excluding carboxylic acids is 1. The Balaban J connectivity index is 3.89. The molecule has 0 aliphatic rings. The van der Waals surface area contributed by atoms with Gasteiger partial charge >= 0.3 is 0 Å². The van der Waals surface area contributed by atoms with Gasteiger partial charge in [0.2, 0.25) is 0 Å². The van der Waals surface area contributed by atoms with Gasteiger partial charge in [-0.15, -0.1) is 0 Å². The van der Waals surface area contributed by atoms with Crippen LogP contribution in [0.15, 0.2) is 23.8 Å². The summed E-state index contributed by atoms with van der Waals surface area (Å²) in [5, 5.41) is 0. The zero-order valence-electron chi connectivity index (χ0n) is 6.63. The van der Waals surface area contributed by atoms with Crippen molar-refractivity contribution in [1.82, 2.24) is 0 Å². The highest BCUT2D eigenvalue weighted by molar-refractivity contribution is 5.54. The Hall–Kier alpha value is -0.850. The molecular weight excluding hydrogens is 124 g/mol. The van der Waals surface area contributed by atoms with Crippen LogP contribution in [0, 0.1) is 0 Å². The van der Waals surface area contributed by atoms with Crippen molar-refractivity contribution in [2.75, 3.05) is 0 Å². The second kappa shape index (κ2) is 6.27. The van der Waals surface area contributed by atoms with Crippen LogP contribution in [0.1, 0.15) is 26.7 Å². The minimum Gasteiger partial charge on any atom is -0.303 e. The first-order chi connectivity index (χ1) is 4.85. The number of hydrogen-bond donors (Lipinski definition) is 0. The van der Waals surface area contributed by atoms with E-state index in [1.54, 1.807) is 0 Å². The molecule has 0 aromatic heterocycles. The predicted molar refractivity (Wildman–Crippen MR) is 43.9 cm³/mol. The van der Waals surface area contributed by atoms with E-state index in [0.717, 1.165) is 12.7 Å². The third-order valence-corrected chi connectivity index (χ3v) is 1.32. The lowest BCUT2D eigenvalue weighted by Gasteiger charge is -1.93. The second-order valence-electron chi connectivity index (χ2n) is 2.08. The third kappa shape index (κ3) is 4.07. The van der Waals surface area contributed by atoms with Gasteiger partial charge in [0.05, 0.1) is 0 Å². The summed E-state index contributed by atoms with van der Waals surface area (Å²) in [4.78, 5) is 10.1. The van der Waals surface area contributed by atoms with Crippen molar-refractivity contribution in [2.45, 2.75) is 26.7 Å². The lowest BCUT2D eigenvalue weighted by atomic mass is 10.1. The first-order valence-electron chi connectivity index (χ1n) is 3.59. The third-order valence-electron chi connectivity index (χ3n) is 1.32. The molecule has 0 heterocycles. The summed E-state index contributed by atoms with van der Waals surface area (Å²) < 4.78 is 0. The van der Waals surface area contributed by atoms with E-state index in [1.165, 1.54) is 5.57 Å². The first-order valence-corrected chi connectivity index (χ1v) is 3.59. The Morgan fingerprint density at radius 3 is 2.60 bits per heavy atom. The Morgan fingerprint density at radius 2 is 2.20 bits per heavy atom. The minimum atomic E-state index is 0.570. The number of rotatable bonds is 4. The van der Waals surface area contributed by atoms with E-state index in [1.807, 2.05) is 25.2 Å². The average molecular weight is 138 g/mol. The van der Waals surface area contributed by atoms with Crippen LogP contribution in [-0.2, 0) is 4.79 Å². The summed E-state index contributed by atoms with van der Waals surface area (Å²) in [6.07, 6.45) is 8.39. The Labute approximate surface area is 62.4 Å². The molecule has 0 radical (unpaired) electrons. The lowest BCUT2D eigenvalue weighted by molar-refractivity contribution is -0.107. The van der Waals surface area contributed by atoms with E-state index in [0.29, 0.717) is 6.42 Å². The SMILES string of the molecule is C/C=C\C=C(/CC)CC=O. The maximum absolute atomic E-state index is 10.1. The van der Waals surface area contributed by atoms with Gasteiger partial charge in [-0.3, -0.25) is 0 Å². The van der Waals surface area contributed by atoms with Crippen molar-refractivity contribution in [3.05, 3.63) is 23.8 Å². The Morgan fingerprint density at radius 1 is 1.50 bits per heavy atom. The molecule has 0 aromatic rings. The minimum absolute atomic E-state index is 0.570. The van der Waals surface area contributed by atoms with Crippen molar-refractivity contribution in [1.29, 1.82) is 0 Å². The van der Waals surface area contributed by atoms with Crippen LogP contribution < -0.4 is 0 Å². The highest BCUT2D eigenvalue weighted by atomic mass is 16.1. The number of hydrogen-bond acceptors (Lipinski definition) is 1. The zero-order chi connectivity index (χ0) is 7.82. The van der Waals surface area contributed by atoms with Crippen LogP contribution in [0.4, 0.5) is 0 Å². The second-order valence-corrected chi connectivity index (χ2v) is 2.08. The predicted octanol–water partition coefficient (Wildman–Crippen LogP) is 2.49. The van der Waals surface area contributed by atoms with Gasteiger partial charge in [-0.25, -0.2) is 0 Å². The van der Waals surface area contributed by atoms with Gasteiger partial charge in [-0.05, 0) is 13.3 Å². The fourth-order valence-corrected chi connectivity index (χ4v) is 0.670. The molecule has 0 rings (SSSR count). The first kappa shape index (κ1) is 9.15. The molecule has 0 saturated carbocycles. The van der Waals surface area contributed by atoms with Crippen molar-refractivity contribution >= 4 is 6.29 Å². The van der Waals surface area contributed by atoms with Gasteiger partial charge in [-0.2, -0.15) is 0 Å². The molecule has 0 amide bonds. The summed E-state index contributed by atoms with van der Waals surface area (Å²) in [7, 11) is 0. The molecular formula is C9H14O. The smallest absolute Gasteiger partial charge is 0.124 e. The Kier molecular flexibility index (Phi) is 5.74. The molecule has 0 atom stereocenters. The number of aldehydes is 1. The fourth-order valence-electron chi connectivity index (χ4n) is 0.670. The molecule has 1 nitrogen and oxygen atoms in total. The molecule has 56 valence electrons. The maximum Gasteiger partial charge on any atom is 0.124 e. The maximum atomic E-state index is 10.1. The lowest BCUT2D eigenvalue weighted by Crippen LogP contribution is -1.80. The molecule has 0 saturated heterocycles. The van der Waals surface area contributed by atoms with Crippen LogP contribution in [0.5, 0.6) is 0 Å². The van der Waals surface area contributed by atoms with Crippen molar-refractivity contribution in [3.63, 3.8) is 0 Å². The zero-order valence-corrected chi connectivity index (χ0v) is 6.63. The van der Waals surface area contributed by atoms with E-state index in [2.05, 4.69) is 6.92 Å². The number of allylic oxidation sites excluding steroid dienone is 4. The van der Waals surface area contributed by atoms with Gasteiger partial charge in [0, 0.05) is 6.42 Å². The molecule has 0 spiro atoms. The molecule has 0 unspecified atom stereocenters. The van der Waals surface area contributed by atoms with Gasteiger partial charge in [0.15, 0.2) is 0 Å². The molecule has 0 aliphatic heterocycles. The molecule has 0 aromatic carbocycles. The molecule has 0 aliphatic carbocycles. The summed E-state index contributed by atoms with van der Waals surface area (Å²) in [6.45, 7) is 4.02. The van der Waals surface area contributed by atoms with Crippen molar-refractivity contribution in [2.24, 2.45) is 0 Å². The Bertz CT molecular complexity index is 143. The molecule has 0 bridgehead atoms. The quantitative estimate of drug-likeness (QED) is 0.431. The van der Waals surface area contributed by atoms with Crippen molar-refractivity contribution in [3.8, 4) is 0 Å².